The highest BCUT2D eigenvalue weighted by atomic mass is 32.2. The maximum absolute atomic E-state index is 12.9. The van der Waals surface area contributed by atoms with Crippen molar-refractivity contribution >= 4 is 29.3 Å². The summed E-state index contributed by atoms with van der Waals surface area (Å²) in [6.45, 7) is 0.772. The van der Waals surface area contributed by atoms with Gasteiger partial charge >= 0.3 is 0 Å². The van der Waals surface area contributed by atoms with Gasteiger partial charge in [-0.1, -0.05) is 42.5 Å². The average Bonchev–Trinajstić information content (AvgIpc) is 3.13. The second-order valence-electron chi connectivity index (χ2n) is 6.45. The van der Waals surface area contributed by atoms with E-state index in [0.717, 1.165) is 30.0 Å². The fourth-order valence-electron chi connectivity index (χ4n) is 3.59. The number of hydrogen-bond donors (Lipinski definition) is 1. The smallest absolute Gasteiger partial charge is 0.238 e. The topological polar surface area (TPSA) is 49.4 Å². The molecule has 2 aromatic rings. The number of likely N-dealkylation sites (tertiary alicyclic amines) is 1. The Morgan fingerprint density at radius 1 is 1.12 bits per heavy atom. The van der Waals surface area contributed by atoms with Crippen LogP contribution in [0.3, 0.4) is 0 Å². The largest absolute Gasteiger partial charge is 0.336 e. The monoisotopic (exact) mass is 352 g/mol. The van der Waals surface area contributed by atoms with Crippen LogP contribution in [-0.4, -0.2) is 28.5 Å². The summed E-state index contributed by atoms with van der Waals surface area (Å²) in [7, 11) is 0. The molecule has 0 aliphatic carbocycles. The summed E-state index contributed by atoms with van der Waals surface area (Å²) in [5.41, 5.74) is 2.02. The Hall–Kier alpha value is -2.27. The Balaban J connectivity index is 1.47. The molecule has 2 aliphatic rings. The predicted octanol–water partition coefficient (Wildman–Crippen LogP) is 3.85. The summed E-state index contributed by atoms with van der Waals surface area (Å²) in [4.78, 5) is 28.2. The third kappa shape index (κ3) is 3.29. The lowest BCUT2D eigenvalue weighted by atomic mass is 10.0. The average molecular weight is 352 g/mol. The molecule has 1 fully saturated rings. The van der Waals surface area contributed by atoms with E-state index >= 15 is 0 Å². The molecule has 25 heavy (non-hydrogen) atoms. The highest BCUT2D eigenvalue weighted by Crippen LogP contribution is 2.38. The number of rotatable bonds is 3. The molecule has 128 valence electrons. The number of nitrogens with zero attached hydrogens (tertiary/aromatic N) is 1. The van der Waals surface area contributed by atoms with Gasteiger partial charge in [-0.05, 0) is 30.5 Å². The zero-order valence-electron chi connectivity index (χ0n) is 13.9. The number of benzene rings is 2. The van der Waals surface area contributed by atoms with E-state index in [9.17, 15) is 9.59 Å². The normalized spacial score (nSPS) is 22.4. The number of para-hydroxylation sites is 1. The molecule has 2 atom stereocenters. The van der Waals surface area contributed by atoms with Crippen LogP contribution in [0.4, 0.5) is 5.69 Å². The number of amides is 2. The molecule has 0 aromatic heterocycles. The quantitative estimate of drug-likeness (QED) is 0.913. The van der Waals surface area contributed by atoms with Gasteiger partial charge in [-0.25, -0.2) is 0 Å². The minimum atomic E-state index is -0.362. The Labute approximate surface area is 151 Å². The number of carbonyl (C=O) groups is 2. The van der Waals surface area contributed by atoms with E-state index in [2.05, 4.69) is 17.4 Å². The van der Waals surface area contributed by atoms with E-state index in [1.54, 1.807) is 0 Å². The molecule has 2 amide bonds. The van der Waals surface area contributed by atoms with Crippen molar-refractivity contribution in [1.82, 2.24) is 4.90 Å². The first-order valence-electron chi connectivity index (χ1n) is 8.63. The number of carbonyl (C=O) groups excluding carboxylic acids is 2. The first-order chi connectivity index (χ1) is 12.2. The second kappa shape index (κ2) is 6.92. The minimum Gasteiger partial charge on any atom is -0.336 e. The molecule has 2 aliphatic heterocycles. The fourth-order valence-corrected chi connectivity index (χ4v) is 4.69. The van der Waals surface area contributed by atoms with E-state index in [0.29, 0.717) is 0 Å². The molecule has 4 rings (SSSR count). The molecule has 0 saturated carbocycles. The number of anilines is 1. The standard InChI is InChI=1S/C20H20N2O2S/c23-19(22-12-6-10-16(22)14-7-2-1-3-8-14)13-18-20(24)21-15-9-4-5-11-17(15)25-18/h1-5,7-9,11,16,18H,6,10,12-13H2,(H,21,24). The van der Waals surface area contributed by atoms with Gasteiger partial charge in [-0.2, -0.15) is 0 Å². The second-order valence-corrected chi connectivity index (χ2v) is 7.70. The van der Waals surface area contributed by atoms with Crippen LogP contribution in [0.15, 0.2) is 59.5 Å². The van der Waals surface area contributed by atoms with Crippen molar-refractivity contribution < 1.29 is 9.59 Å². The van der Waals surface area contributed by atoms with E-state index in [4.69, 9.17) is 0 Å². The van der Waals surface area contributed by atoms with Gasteiger partial charge in [0.1, 0.15) is 0 Å². The number of hydrogen-bond acceptors (Lipinski definition) is 3. The summed E-state index contributed by atoms with van der Waals surface area (Å²) < 4.78 is 0. The zero-order valence-corrected chi connectivity index (χ0v) is 14.7. The van der Waals surface area contributed by atoms with Gasteiger partial charge in [0.25, 0.3) is 0 Å². The summed E-state index contributed by atoms with van der Waals surface area (Å²) in [6.07, 6.45) is 2.24. The molecule has 1 N–H and O–H groups in total. The summed E-state index contributed by atoms with van der Waals surface area (Å²) in [5, 5.41) is 2.56. The first kappa shape index (κ1) is 16.2. The van der Waals surface area contributed by atoms with Crippen molar-refractivity contribution in [2.24, 2.45) is 0 Å². The van der Waals surface area contributed by atoms with Crippen LogP contribution >= 0.6 is 11.8 Å². The molecule has 0 radical (unpaired) electrons. The van der Waals surface area contributed by atoms with Gasteiger partial charge in [-0.15, -0.1) is 11.8 Å². The molecular formula is C20H20N2O2S. The van der Waals surface area contributed by atoms with Crippen molar-refractivity contribution in [2.45, 2.75) is 35.4 Å². The van der Waals surface area contributed by atoms with Crippen LogP contribution in [0.5, 0.6) is 0 Å². The van der Waals surface area contributed by atoms with Crippen LogP contribution in [0, 0.1) is 0 Å². The molecule has 4 nitrogen and oxygen atoms in total. The van der Waals surface area contributed by atoms with Crippen molar-refractivity contribution in [3.8, 4) is 0 Å². The third-order valence-corrected chi connectivity index (χ3v) is 6.10. The van der Waals surface area contributed by atoms with Gasteiger partial charge in [-0.3, -0.25) is 9.59 Å². The molecule has 2 unspecified atom stereocenters. The molecule has 1 saturated heterocycles. The van der Waals surface area contributed by atoms with Gasteiger partial charge < -0.3 is 10.2 Å². The SMILES string of the molecule is O=C1Nc2ccccc2SC1CC(=O)N1CCCC1c1ccccc1. The first-order valence-corrected chi connectivity index (χ1v) is 9.51. The number of fused-ring (bicyclic) bond motifs is 1. The van der Waals surface area contributed by atoms with Crippen LogP contribution < -0.4 is 5.32 Å². The van der Waals surface area contributed by atoms with Crippen molar-refractivity contribution in [3.05, 3.63) is 60.2 Å². The summed E-state index contributed by atoms with van der Waals surface area (Å²) >= 11 is 1.49. The lowest BCUT2D eigenvalue weighted by Crippen LogP contribution is -2.37. The Morgan fingerprint density at radius 2 is 1.88 bits per heavy atom. The highest BCUT2D eigenvalue weighted by molar-refractivity contribution is 8.01. The summed E-state index contributed by atoms with van der Waals surface area (Å²) in [6, 6.07) is 18.0. The van der Waals surface area contributed by atoms with Crippen LogP contribution in [0.25, 0.3) is 0 Å². The van der Waals surface area contributed by atoms with E-state index in [1.165, 1.54) is 17.3 Å². The van der Waals surface area contributed by atoms with Crippen LogP contribution in [0.1, 0.15) is 30.9 Å². The number of thioether (sulfide) groups is 1. The molecule has 2 heterocycles. The summed E-state index contributed by atoms with van der Waals surface area (Å²) in [5.74, 6) is -0.00843. The van der Waals surface area contributed by atoms with Crippen LogP contribution in [-0.2, 0) is 9.59 Å². The maximum Gasteiger partial charge on any atom is 0.238 e. The van der Waals surface area contributed by atoms with Gasteiger partial charge in [0.2, 0.25) is 11.8 Å². The number of nitrogens with one attached hydrogen (secondary N) is 1. The molecule has 0 spiro atoms. The predicted molar refractivity (Wildman–Crippen MR) is 99.5 cm³/mol. The Bertz CT molecular complexity index is 793. The van der Waals surface area contributed by atoms with Gasteiger partial charge in [0, 0.05) is 17.9 Å². The Morgan fingerprint density at radius 3 is 2.72 bits per heavy atom. The van der Waals surface area contributed by atoms with Gasteiger partial charge in [0.05, 0.1) is 17.0 Å². The van der Waals surface area contributed by atoms with Gasteiger partial charge in [0.15, 0.2) is 0 Å². The highest BCUT2D eigenvalue weighted by Gasteiger charge is 2.34. The van der Waals surface area contributed by atoms with Crippen molar-refractivity contribution in [1.29, 1.82) is 0 Å². The zero-order chi connectivity index (χ0) is 17.2. The molecule has 5 heteroatoms. The fraction of sp³-hybridized carbons (Fsp3) is 0.300. The molecule has 2 aromatic carbocycles. The van der Waals surface area contributed by atoms with E-state index < -0.39 is 0 Å². The maximum atomic E-state index is 12.9. The van der Waals surface area contributed by atoms with Crippen molar-refractivity contribution in [3.63, 3.8) is 0 Å². The molecular weight excluding hydrogens is 332 g/mol. The third-order valence-electron chi connectivity index (χ3n) is 4.82. The lowest BCUT2D eigenvalue weighted by molar-refractivity contribution is -0.133. The minimum absolute atomic E-state index is 0.0679. The van der Waals surface area contributed by atoms with Crippen molar-refractivity contribution in [2.75, 3.05) is 11.9 Å². The van der Waals surface area contributed by atoms with E-state index in [-0.39, 0.29) is 29.5 Å². The van der Waals surface area contributed by atoms with E-state index in [1.807, 2.05) is 47.4 Å². The lowest BCUT2D eigenvalue weighted by Gasteiger charge is -2.28. The Kier molecular flexibility index (Phi) is 4.49. The van der Waals surface area contributed by atoms with Crippen LogP contribution in [0.2, 0.25) is 0 Å². The molecule has 0 bridgehead atoms.